The molecule has 1 aromatic rings. The Morgan fingerprint density at radius 1 is 1.24 bits per heavy atom. The van der Waals surface area contributed by atoms with Crippen molar-refractivity contribution in [3.05, 3.63) is 53.8 Å². The van der Waals surface area contributed by atoms with Crippen molar-refractivity contribution in [2.75, 3.05) is 7.11 Å². The number of hydrogen-bond donors (Lipinski definition) is 1. The number of hydrogen-bond acceptors (Lipinski definition) is 4. The van der Waals surface area contributed by atoms with E-state index < -0.39 is 17.5 Å². The van der Waals surface area contributed by atoms with Gasteiger partial charge in [0.05, 0.1) is 7.11 Å². The molecule has 1 aromatic carbocycles. The Labute approximate surface area is 98.8 Å². The zero-order valence-electron chi connectivity index (χ0n) is 9.29. The molecule has 4 heteroatoms. The second kappa shape index (κ2) is 6.27. The van der Waals surface area contributed by atoms with Crippen LogP contribution in [0.5, 0.6) is 0 Å². The van der Waals surface area contributed by atoms with Crippen LogP contribution < -0.4 is 0 Å². The number of aliphatic hydroxyl groups excluding tert-OH is 1. The molecule has 0 unspecified atom stereocenters. The first-order chi connectivity index (χ1) is 8.13. The summed E-state index contributed by atoms with van der Waals surface area (Å²) < 4.78 is 4.24. The highest BCUT2D eigenvalue weighted by Crippen LogP contribution is 2.01. The van der Waals surface area contributed by atoms with Crippen LogP contribution in [-0.4, -0.2) is 24.0 Å². The van der Waals surface area contributed by atoms with E-state index in [9.17, 15) is 9.59 Å². The molecule has 0 radical (unpaired) electrons. The molecule has 0 heterocycles. The normalized spacial score (nSPS) is 11.5. The molecule has 17 heavy (non-hydrogen) atoms. The van der Waals surface area contributed by atoms with Crippen molar-refractivity contribution in [3.8, 4) is 0 Å². The highest BCUT2D eigenvalue weighted by molar-refractivity contribution is 6.05. The quantitative estimate of drug-likeness (QED) is 0.489. The maximum Gasteiger partial charge on any atom is 0.373 e. The van der Waals surface area contributed by atoms with Crippen LogP contribution in [0.15, 0.2) is 48.2 Å². The van der Waals surface area contributed by atoms with Gasteiger partial charge < -0.3 is 9.84 Å². The molecule has 1 N–H and O–H groups in total. The van der Waals surface area contributed by atoms with Crippen LogP contribution >= 0.6 is 0 Å². The molecule has 0 aliphatic heterocycles. The van der Waals surface area contributed by atoms with Crippen LogP contribution in [0.25, 0.3) is 6.08 Å². The van der Waals surface area contributed by atoms with E-state index in [1.807, 2.05) is 30.3 Å². The molecule has 1 rings (SSSR count). The minimum Gasteiger partial charge on any atom is -0.502 e. The maximum atomic E-state index is 11.3. The Morgan fingerprint density at radius 3 is 2.47 bits per heavy atom. The Balaban J connectivity index is 2.68. The topological polar surface area (TPSA) is 63.6 Å². The fourth-order valence-electron chi connectivity index (χ4n) is 1.09. The number of carbonyl (C=O) groups is 2. The second-order valence-corrected chi connectivity index (χ2v) is 3.17. The van der Waals surface area contributed by atoms with Crippen LogP contribution in [0.3, 0.4) is 0 Å². The van der Waals surface area contributed by atoms with E-state index in [-0.39, 0.29) is 0 Å². The molecular formula is C13H12O4. The maximum absolute atomic E-state index is 11.3. The average Bonchev–Trinajstić information content (AvgIpc) is 2.36. The van der Waals surface area contributed by atoms with Crippen LogP contribution in [0.4, 0.5) is 0 Å². The number of carbonyl (C=O) groups excluding carboxylic acids is 2. The van der Waals surface area contributed by atoms with E-state index in [4.69, 9.17) is 5.11 Å². The molecule has 0 aliphatic rings. The molecule has 4 nitrogen and oxygen atoms in total. The van der Waals surface area contributed by atoms with Crippen molar-refractivity contribution in [3.63, 3.8) is 0 Å². The van der Waals surface area contributed by atoms with Gasteiger partial charge in [0.25, 0.3) is 0 Å². The molecule has 0 saturated heterocycles. The third-order valence-electron chi connectivity index (χ3n) is 1.91. The van der Waals surface area contributed by atoms with Crippen LogP contribution in [0.2, 0.25) is 0 Å². The first-order valence-corrected chi connectivity index (χ1v) is 4.89. The van der Waals surface area contributed by atoms with Crippen LogP contribution in [0.1, 0.15) is 5.56 Å². The Kier molecular flexibility index (Phi) is 4.69. The largest absolute Gasteiger partial charge is 0.502 e. The summed E-state index contributed by atoms with van der Waals surface area (Å²) in [4.78, 5) is 22.1. The Hall–Kier alpha value is -2.36. The molecule has 0 atom stereocenters. The summed E-state index contributed by atoms with van der Waals surface area (Å²) in [6, 6.07) is 9.20. The van der Waals surface area contributed by atoms with Gasteiger partial charge in [-0.05, 0) is 11.6 Å². The number of ether oxygens (including phenoxy) is 1. The van der Waals surface area contributed by atoms with Gasteiger partial charge in [0.2, 0.25) is 5.76 Å². The summed E-state index contributed by atoms with van der Waals surface area (Å²) in [5.74, 6) is -2.14. The third-order valence-corrected chi connectivity index (χ3v) is 1.91. The van der Waals surface area contributed by atoms with Crippen molar-refractivity contribution in [1.82, 2.24) is 0 Å². The Morgan fingerprint density at radius 2 is 1.88 bits per heavy atom. The first-order valence-electron chi connectivity index (χ1n) is 4.89. The molecule has 0 aromatic heterocycles. The average molecular weight is 232 g/mol. The lowest BCUT2D eigenvalue weighted by Gasteiger charge is -1.95. The highest BCUT2D eigenvalue weighted by Gasteiger charge is 2.07. The molecule has 0 spiro atoms. The predicted molar refractivity (Wildman–Crippen MR) is 63.2 cm³/mol. The zero-order chi connectivity index (χ0) is 12.7. The summed E-state index contributed by atoms with van der Waals surface area (Å²) in [5, 5.41) is 9.12. The van der Waals surface area contributed by atoms with Gasteiger partial charge in [-0.1, -0.05) is 36.4 Å². The monoisotopic (exact) mass is 232 g/mol. The van der Waals surface area contributed by atoms with Crippen LogP contribution in [0, 0.1) is 0 Å². The highest BCUT2D eigenvalue weighted by atomic mass is 16.5. The summed E-state index contributed by atoms with van der Waals surface area (Å²) in [5.41, 5.74) is 0.854. The Bertz CT molecular complexity index is 458. The smallest absolute Gasteiger partial charge is 0.373 e. The summed E-state index contributed by atoms with van der Waals surface area (Å²) >= 11 is 0. The molecule has 0 saturated carbocycles. The summed E-state index contributed by atoms with van der Waals surface area (Å²) in [6.45, 7) is 0. The summed E-state index contributed by atoms with van der Waals surface area (Å²) in [7, 11) is 1.12. The van der Waals surface area contributed by atoms with Gasteiger partial charge in [-0.15, -0.1) is 0 Å². The predicted octanol–water partition coefficient (Wildman–Crippen LogP) is 1.88. The van der Waals surface area contributed by atoms with Gasteiger partial charge in [0.1, 0.15) is 0 Å². The van der Waals surface area contributed by atoms with E-state index in [2.05, 4.69) is 4.74 Å². The van der Waals surface area contributed by atoms with Crippen molar-refractivity contribution in [1.29, 1.82) is 0 Å². The number of esters is 1. The third kappa shape index (κ3) is 4.34. The lowest BCUT2D eigenvalue weighted by Crippen LogP contribution is -2.05. The lowest BCUT2D eigenvalue weighted by molar-refractivity contribution is -0.139. The first kappa shape index (κ1) is 12.7. The van der Waals surface area contributed by atoms with Crippen LogP contribution in [-0.2, 0) is 14.3 Å². The number of allylic oxidation sites excluding steroid dienone is 2. The van der Waals surface area contributed by atoms with E-state index in [1.54, 1.807) is 6.08 Å². The molecule has 0 fully saturated rings. The molecule has 0 bridgehead atoms. The van der Waals surface area contributed by atoms with Crippen molar-refractivity contribution in [2.24, 2.45) is 0 Å². The van der Waals surface area contributed by atoms with E-state index in [1.165, 1.54) is 6.08 Å². The van der Waals surface area contributed by atoms with Crippen molar-refractivity contribution in [2.45, 2.75) is 0 Å². The minimum atomic E-state index is -0.938. The van der Waals surface area contributed by atoms with Crippen molar-refractivity contribution < 1.29 is 19.4 Å². The fourth-order valence-corrected chi connectivity index (χ4v) is 1.09. The van der Waals surface area contributed by atoms with Gasteiger partial charge in [0.15, 0.2) is 5.78 Å². The fraction of sp³-hybridized carbons (Fsp3) is 0.0769. The number of methoxy groups -OCH3 is 1. The number of rotatable bonds is 4. The van der Waals surface area contributed by atoms with Gasteiger partial charge in [-0.25, -0.2) is 4.79 Å². The van der Waals surface area contributed by atoms with Crippen molar-refractivity contribution >= 4 is 17.8 Å². The molecule has 0 aliphatic carbocycles. The van der Waals surface area contributed by atoms with E-state index in [0.717, 1.165) is 18.7 Å². The van der Waals surface area contributed by atoms with E-state index in [0.29, 0.717) is 0 Å². The minimum absolute atomic E-state index is 0.489. The SMILES string of the molecule is COC(=O)/C(O)=C\C(=O)/C=C/c1ccccc1. The second-order valence-electron chi connectivity index (χ2n) is 3.17. The number of aliphatic hydroxyl groups is 1. The zero-order valence-corrected chi connectivity index (χ0v) is 9.29. The van der Waals surface area contributed by atoms with Gasteiger partial charge >= 0.3 is 5.97 Å². The molecular weight excluding hydrogens is 220 g/mol. The molecule has 0 amide bonds. The number of benzene rings is 1. The van der Waals surface area contributed by atoms with Gasteiger partial charge in [-0.2, -0.15) is 0 Å². The standard InChI is InChI=1S/C13H12O4/c1-17-13(16)12(15)9-11(14)8-7-10-5-3-2-4-6-10/h2-9,15H,1H3/b8-7+,12-9+. The summed E-state index contributed by atoms with van der Waals surface area (Å²) in [6.07, 6.45) is 3.66. The van der Waals surface area contributed by atoms with E-state index >= 15 is 0 Å². The molecule has 88 valence electrons. The lowest BCUT2D eigenvalue weighted by atomic mass is 10.2. The van der Waals surface area contributed by atoms with Gasteiger partial charge in [-0.3, -0.25) is 4.79 Å². The van der Waals surface area contributed by atoms with Gasteiger partial charge in [0, 0.05) is 6.08 Å². The number of ketones is 1.